The van der Waals surface area contributed by atoms with Gasteiger partial charge in [-0.3, -0.25) is 4.79 Å². The first-order valence-corrected chi connectivity index (χ1v) is 6.71. The maximum atomic E-state index is 11.0. The molecule has 2 rings (SSSR count). The molecule has 0 aliphatic carbocycles. The Balaban J connectivity index is 2.74. The minimum Gasteiger partial charge on any atom is -0.424 e. The smallest absolute Gasteiger partial charge is 0.308 e. The van der Waals surface area contributed by atoms with Crippen LogP contribution in [0.4, 0.5) is 0 Å². The second-order valence-corrected chi connectivity index (χ2v) is 5.65. The van der Waals surface area contributed by atoms with E-state index < -0.39 is 0 Å². The number of fused-ring (bicyclic) bond motifs is 1. The number of hydrogen-bond donors (Lipinski definition) is 1. The standard InChI is InChI=1S/C10H6Br3NO2/c1-4(15)16-7-3-14-10-6(12)2-5(11)9(13)8(7)10/h2-3,14H,1H3. The van der Waals surface area contributed by atoms with Crippen LogP contribution in [-0.2, 0) is 4.79 Å². The van der Waals surface area contributed by atoms with Crippen molar-refractivity contribution in [3.05, 3.63) is 25.7 Å². The number of aromatic nitrogens is 1. The van der Waals surface area contributed by atoms with Gasteiger partial charge in [-0.2, -0.15) is 0 Å². The Kier molecular flexibility index (Phi) is 3.42. The Morgan fingerprint density at radius 2 is 2.00 bits per heavy atom. The second-order valence-electron chi connectivity index (χ2n) is 3.15. The largest absolute Gasteiger partial charge is 0.424 e. The van der Waals surface area contributed by atoms with Gasteiger partial charge in [-0.05, 0) is 53.9 Å². The lowest BCUT2D eigenvalue weighted by molar-refractivity contribution is -0.131. The summed E-state index contributed by atoms with van der Waals surface area (Å²) in [5.74, 6) is 0.167. The fraction of sp³-hybridized carbons (Fsp3) is 0.100. The third kappa shape index (κ3) is 2.06. The van der Waals surface area contributed by atoms with Crippen LogP contribution in [0.5, 0.6) is 5.75 Å². The van der Waals surface area contributed by atoms with E-state index in [2.05, 4.69) is 52.8 Å². The van der Waals surface area contributed by atoms with Crippen molar-refractivity contribution in [2.75, 3.05) is 0 Å². The van der Waals surface area contributed by atoms with Crippen molar-refractivity contribution in [2.45, 2.75) is 6.92 Å². The third-order valence-corrected chi connectivity index (χ3v) is 4.63. The van der Waals surface area contributed by atoms with Crippen LogP contribution in [0, 0.1) is 0 Å². The minimum atomic E-state index is -0.344. The van der Waals surface area contributed by atoms with Crippen molar-refractivity contribution in [1.82, 2.24) is 4.98 Å². The zero-order valence-corrected chi connectivity index (χ0v) is 12.9. The summed E-state index contributed by atoms with van der Waals surface area (Å²) in [7, 11) is 0. The number of H-pyrrole nitrogens is 1. The number of halogens is 3. The van der Waals surface area contributed by atoms with E-state index in [9.17, 15) is 4.79 Å². The quantitative estimate of drug-likeness (QED) is 0.559. The molecule has 1 heterocycles. The number of ether oxygens (including phenoxy) is 1. The number of rotatable bonds is 1. The molecule has 0 aliphatic rings. The van der Waals surface area contributed by atoms with Crippen molar-refractivity contribution >= 4 is 64.7 Å². The maximum absolute atomic E-state index is 11.0. The molecular formula is C10H6Br3NO2. The monoisotopic (exact) mass is 409 g/mol. The summed E-state index contributed by atoms with van der Waals surface area (Å²) in [5.41, 5.74) is 0.881. The van der Waals surface area contributed by atoms with Crippen LogP contribution < -0.4 is 4.74 Å². The Labute approximate surface area is 117 Å². The van der Waals surface area contributed by atoms with Crippen molar-refractivity contribution in [3.63, 3.8) is 0 Å². The molecule has 3 nitrogen and oxygen atoms in total. The molecule has 2 aromatic rings. The molecule has 0 aliphatic heterocycles. The number of carbonyl (C=O) groups excluding carboxylic acids is 1. The first-order valence-electron chi connectivity index (χ1n) is 4.33. The van der Waals surface area contributed by atoms with Crippen LogP contribution in [0.25, 0.3) is 10.9 Å². The van der Waals surface area contributed by atoms with Crippen LogP contribution in [0.3, 0.4) is 0 Å². The van der Waals surface area contributed by atoms with Crippen molar-refractivity contribution < 1.29 is 9.53 Å². The Morgan fingerprint density at radius 1 is 1.31 bits per heavy atom. The lowest BCUT2D eigenvalue weighted by Crippen LogP contribution is -2.00. The molecule has 6 heteroatoms. The molecule has 0 unspecified atom stereocenters. The molecule has 0 saturated carbocycles. The highest BCUT2D eigenvalue weighted by Gasteiger charge is 2.15. The number of nitrogens with one attached hydrogen (secondary N) is 1. The molecule has 0 atom stereocenters. The highest BCUT2D eigenvalue weighted by atomic mass is 79.9. The summed E-state index contributed by atoms with van der Waals surface area (Å²) >= 11 is 10.3. The van der Waals surface area contributed by atoms with Gasteiger partial charge in [0.15, 0.2) is 5.75 Å². The molecule has 0 radical (unpaired) electrons. The maximum Gasteiger partial charge on any atom is 0.308 e. The normalized spacial score (nSPS) is 10.8. The lowest BCUT2D eigenvalue weighted by Gasteiger charge is -2.04. The highest BCUT2D eigenvalue weighted by Crippen LogP contribution is 2.40. The van der Waals surface area contributed by atoms with E-state index in [4.69, 9.17) is 4.74 Å². The van der Waals surface area contributed by atoms with E-state index in [1.165, 1.54) is 6.92 Å². The Bertz CT molecular complexity index is 577. The summed E-state index contributed by atoms with van der Waals surface area (Å²) in [6.07, 6.45) is 1.66. The molecule has 0 amide bonds. The molecule has 1 aromatic heterocycles. The second kappa shape index (κ2) is 4.50. The molecule has 0 fully saturated rings. The average molecular weight is 412 g/mol. The number of hydrogen-bond acceptors (Lipinski definition) is 2. The van der Waals surface area contributed by atoms with Crippen LogP contribution >= 0.6 is 47.8 Å². The van der Waals surface area contributed by atoms with Crippen molar-refractivity contribution in [1.29, 1.82) is 0 Å². The van der Waals surface area contributed by atoms with E-state index >= 15 is 0 Å². The van der Waals surface area contributed by atoms with Gasteiger partial charge in [0.2, 0.25) is 0 Å². The summed E-state index contributed by atoms with van der Waals surface area (Å²) in [6, 6.07) is 1.92. The van der Waals surface area contributed by atoms with Gasteiger partial charge in [-0.1, -0.05) is 0 Å². The van der Waals surface area contributed by atoms with Crippen molar-refractivity contribution in [2.24, 2.45) is 0 Å². The number of carbonyl (C=O) groups is 1. The number of benzene rings is 1. The van der Waals surface area contributed by atoms with Gasteiger partial charge in [-0.15, -0.1) is 0 Å². The molecule has 1 N–H and O–H groups in total. The lowest BCUT2D eigenvalue weighted by atomic mass is 10.2. The molecule has 0 bridgehead atoms. The summed E-state index contributed by atoms with van der Waals surface area (Å²) in [4.78, 5) is 14.0. The Morgan fingerprint density at radius 3 is 2.62 bits per heavy atom. The summed E-state index contributed by atoms with van der Waals surface area (Å²) < 4.78 is 7.75. The van der Waals surface area contributed by atoms with Crippen LogP contribution in [0.2, 0.25) is 0 Å². The average Bonchev–Trinajstić information content (AvgIpc) is 2.58. The predicted octanol–water partition coefficient (Wildman–Crippen LogP) is 4.38. The van der Waals surface area contributed by atoms with E-state index in [1.54, 1.807) is 6.20 Å². The van der Waals surface area contributed by atoms with Gasteiger partial charge >= 0.3 is 5.97 Å². The summed E-state index contributed by atoms with van der Waals surface area (Å²) in [6.45, 7) is 1.37. The molecule has 16 heavy (non-hydrogen) atoms. The van der Waals surface area contributed by atoms with Gasteiger partial charge in [0.1, 0.15) is 0 Å². The van der Waals surface area contributed by atoms with E-state index in [-0.39, 0.29) is 5.97 Å². The third-order valence-electron chi connectivity index (χ3n) is 2.02. The summed E-state index contributed by atoms with van der Waals surface area (Å²) in [5, 5.41) is 0.830. The van der Waals surface area contributed by atoms with Crippen LogP contribution in [-0.4, -0.2) is 11.0 Å². The van der Waals surface area contributed by atoms with Gasteiger partial charge in [-0.25, -0.2) is 0 Å². The topological polar surface area (TPSA) is 42.1 Å². The highest BCUT2D eigenvalue weighted by molar-refractivity contribution is 9.13. The van der Waals surface area contributed by atoms with E-state index in [1.807, 2.05) is 6.07 Å². The van der Waals surface area contributed by atoms with Crippen LogP contribution in [0.15, 0.2) is 25.7 Å². The zero-order chi connectivity index (χ0) is 11.9. The van der Waals surface area contributed by atoms with Gasteiger partial charge < -0.3 is 9.72 Å². The SMILES string of the molecule is CC(=O)Oc1c[nH]c2c(Br)cc(Br)c(Br)c12. The number of aromatic amines is 1. The first kappa shape index (κ1) is 12.1. The fourth-order valence-electron chi connectivity index (χ4n) is 1.41. The Hall–Kier alpha value is -0.330. The minimum absolute atomic E-state index is 0.344. The molecule has 1 aromatic carbocycles. The predicted molar refractivity (Wildman–Crippen MR) is 72.7 cm³/mol. The van der Waals surface area contributed by atoms with E-state index in [0.29, 0.717) is 5.75 Å². The number of esters is 1. The van der Waals surface area contributed by atoms with E-state index in [0.717, 1.165) is 24.3 Å². The van der Waals surface area contributed by atoms with Gasteiger partial charge in [0, 0.05) is 26.5 Å². The van der Waals surface area contributed by atoms with Crippen LogP contribution in [0.1, 0.15) is 6.92 Å². The molecule has 0 spiro atoms. The first-order chi connectivity index (χ1) is 7.50. The van der Waals surface area contributed by atoms with Crippen molar-refractivity contribution in [3.8, 4) is 5.75 Å². The zero-order valence-electron chi connectivity index (χ0n) is 8.11. The fourth-order valence-corrected chi connectivity index (χ4v) is 3.20. The molecular weight excluding hydrogens is 406 g/mol. The van der Waals surface area contributed by atoms with Gasteiger partial charge in [0.05, 0.1) is 10.9 Å². The molecule has 0 saturated heterocycles. The molecule has 84 valence electrons. The van der Waals surface area contributed by atoms with Gasteiger partial charge in [0.25, 0.3) is 0 Å².